The normalized spacial score (nSPS) is 10.8. The van der Waals surface area contributed by atoms with E-state index in [0.717, 1.165) is 21.9 Å². The van der Waals surface area contributed by atoms with Gasteiger partial charge in [0.25, 0.3) is 5.91 Å². The van der Waals surface area contributed by atoms with Crippen LogP contribution < -0.4 is 10.6 Å². The Morgan fingerprint density at radius 1 is 0.857 bits per heavy atom. The number of rotatable bonds is 6. The van der Waals surface area contributed by atoms with Crippen molar-refractivity contribution in [1.29, 1.82) is 0 Å². The molecule has 0 saturated heterocycles. The number of anilines is 1. The fourth-order valence-corrected chi connectivity index (χ4v) is 3.99. The molecule has 0 aliphatic carbocycles. The monoisotopic (exact) mass is 479 g/mol. The highest BCUT2D eigenvalue weighted by molar-refractivity contribution is 7.80. The Kier molecular flexibility index (Phi) is 7.65. The Morgan fingerprint density at radius 2 is 1.54 bits per heavy atom. The van der Waals surface area contributed by atoms with Crippen molar-refractivity contribution in [2.24, 2.45) is 0 Å². The number of nitrogens with one attached hydrogen (secondary N) is 2. The van der Waals surface area contributed by atoms with E-state index in [1.54, 1.807) is 42.3 Å². The van der Waals surface area contributed by atoms with Gasteiger partial charge in [0.2, 0.25) is 5.91 Å². The highest BCUT2D eigenvalue weighted by Gasteiger charge is 2.16. The predicted molar refractivity (Wildman–Crippen MR) is 146 cm³/mol. The molecule has 5 nitrogen and oxygen atoms in total. The number of fused-ring (bicyclic) bond motifs is 1. The lowest BCUT2D eigenvalue weighted by atomic mass is 10.0. The molecule has 4 aromatic carbocycles. The molecular formula is C29H25N3O2S. The average Bonchev–Trinajstić information content (AvgIpc) is 2.88. The zero-order valence-electron chi connectivity index (χ0n) is 19.3. The maximum Gasteiger partial charge on any atom is 0.256 e. The number of para-hydroxylation sites is 1. The Bertz CT molecular complexity index is 1390. The molecule has 0 heterocycles. The van der Waals surface area contributed by atoms with Crippen LogP contribution in [0.3, 0.4) is 0 Å². The second-order valence-electron chi connectivity index (χ2n) is 8.04. The highest BCUT2D eigenvalue weighted by atomic mass is 32.1. The number of amides is 2. The molecule has 4 rings (SSSR count). The van der Waals surface area contributed by atoms with Gasteiger partial charge in [0, 0.05) is 19.7 Å². The summed E-state index contributed by atoms with van der Waals surface area (Å²) in [7, 11) is 1.75. The van der Waals surface area contributed by atoms with Crippen LogP contribution in [0.5, 0.6) is 0 Å². The number of nitrogens with zero attached hydrogens (tertiary/aromatic N) is 1. The minimum atomic E-state index is -0.361. The number of carbonyl (C=O) groups excluding carboxylic acids is 2. The number of hydrogen-bond donors (Lipinski definition) is 2. The summed E-state index contributed by atoms with van der Waals surface area (Å²) in [5.74, 6) is -0.512. The van der Waals surface area contributed by atoms with Crippen LogP contribution in [0.1, 0.15) is 21.5 Å². The fourth-order valence-electron chi connectivity index (χ4n) is 3.78. The van der Waals surface area contributed by atoms with Gasteiger partial charge in [-0.3, -0.25) is 14.9 Å². The van der Waals surface area contributed by atoms with E-state index >= 15 is 0 Å². The van der Waals surface area contributed by atoms with Gasteiger partial charge in [-0.2, -0.15) is 0 Å². The first-order valence-corrected chi connectivity index (χ1v) is 11.6. The number of hydrogen-bond acceptors (Lipinski definition) is 3. The lowest BCUT2D eigenvalue weighted by Crippen LogP contribution is -2.34. The summed E-state index contributed by atoms with van der Waals surface area (Å²) in [4.78, 5) is 27.2. The van der Waals surface area contributed by atoms with Crippen molar-refractivity contribution >= 4 is 51.7 Å². The maximum atomic E-state index is 13.1. The molecular weight excluding hydrogens is 454 g/mol. The van der Waals surface area contributed by atoms with E-state index in [1.807, 2.05) is 72.8 Å². The summed E-state index contributed by atoms with van der Waals surface area (Å²) >= 11 is 5.34. The minimum absolute atomic E-state index is 0.114. The lowest BCUT2D eigenvalue weighted by molar-refractivity contribution is -0.115. The first kappa shape index (κ1) is 23.9. The molecule has 0 unspecified atom stereocenters. The summed E-state index contributed by atoms with van der Waals surface area (Å²) in [6.07, 6.45) is 3.21. The van der Waals surface area contributed by atoms with Crippen molar-refractivity contribution < 1.29 is 9.59 Å². The molecule has 0 saturated carbocycles. The van der Waals surface area contributed by atoms with Crippen LogP contribution in [0.2, 0.25) is 0 Å². The van der Waals surface area contributed by atoms with E-state index in [2.05, 4.69) is 10.6 Å². The summed E-state index contributed by atoms with van der Waals surface area (Å²) in [5, 5.41) is 7.92. The van der Waals surface area contributed by atoms with Gasteiger partial charge in [-0.1, -0.05) is 84.9 Å². The van der Waals surface area contributed by atoms with Crippen LogP contribution in [0.4, 0.5) is 5.69 Å². The van der Waals surface area contributed by atoms with Gasteiger partial charge in [-0.05, 0) is 52.3 Å². The van der Waals surface area contributed by atoms with Gasteiger partial charge in [-0.15, -0.1) is 0 Å². The van der Waals surface area contributed by atoms with Crippen LogP contribution in [0, 0.1) is 0 Å². The van der Waals surface area contributed by atoms with Crippen LogP contribution in [-0.4, -0.2) is 28.9 Å². The van der Waals surface area contributed by atoms with E-state index in [0.29, 0.717) is 17.8 Å². The Hall–Kier alpha value is -4.29. The van der Waals surface area contributed by atoms with E-state index in [9.17, 15) is 9.59 Å². The fraction of sp³-hybridized carbons (Fsp3) is 0.0690. The van der Waals surface area contributed by atoms with Crippen molar-refractivity contribution in [3.05, 3.63) is 120 Å². The third-order valence-electron chi connectivity index (χ3n) is 5.49. The van der Waals surface area contributed by atoms with E-state index < -0.39 is 0 Å². The zero-order chi connectivity index (χ0) is 24.6. The minimum Gasteiger partial charge on any atom is -0.337 e. The summed E-state index contributed by atoms with van der Waals surface area (Å²) in [6.45, 7) is 0.480. The van der Waals surface area contributed by atoms with E-state index in [1.165, 1.54) is 6.08 Å². The molecule has 0 aliphatic rings. The molecule has 0 radical (unpaired) electrons. The van der Waals surface area contributed by atoms with Crippen LogP contribution in [-0.2, 0) is 11.3 Å². The van der Waals surface area contributed by atoms with Crippen molar-refractivity contribution in [3.8, 4) is 0 Å². The topological polar surface area (TPSA) is 61.4 Å². The summed E-state index contributed by atoms with van der Waals surface area (Å²) < 4.78 is 0. The first-order chi connectivity index (χ1) is 17.0. The van der Waals surface area contributed by atoms with Gasteiger partial charge >= 0.3 is 0 Å². The second-order valence-corrected chi connectivity index (χ2v) is 8.45. The van der Waals surface area contributed by atoms with Crippen molar-refractivity contribution in [1.82, 2.24) is 10.2 Å². The molecule has 0 atom stereocenters. The third kappa shape index (κ3) is 6.19. The van der Waals surface area contributed by atoms with E-state index in [4.69, 9.17) is 12.2 Å². The Morgan fingerprint density at radius 3 is 2.37 bits per heavy atom. The standard InChI is InChI=1S/C29H25N3O2S/c1-32(20-21-10-3-2-4-11-21)28(34)25-16-7-8-17-26(25)30-29(35)31-27(33)19-18-23-14-9-13-22-12-5-6-15-24(22)23/h2-19H,20H2,1H3,(H2,30,31,33,35)/b19-18+. The summed E-state index contributed by atoms with van der Waals surface area (Å²) in [6, 6.07) is 30.8. The number of thiocarbonyl (C=S) groups is 1. The van der Waals surface area contributed by atoms with Crippen LogP contribution in [0.25, 0.3) is 16.8 Å². The Labute approximate surface area is 210 Å². The molecule has 0 fully saturated rings. The van der Waals surface area contributed by atoms with Gasteiger partial charge in [0.1, 0.15) is 0 Å². The lowest BCUT2D eigenvalue weighted by Gasteiger charge is -2.20. The molecule has 6 heteroatoms. The van der Waals surface area contributed by atoms with Gasteiger partial charge in [-0.25, -0.2) is 0 Å². The third-order valence-corrected chi connectivity index (χ3v) is 5.69. The average molecular weight is 480 g/mol. The quantitative estimate of drug-likeness (QED) is 0.278. The van der Waals surface area contributed by atoms with Gasteiger partial charge in [0.05, 0.1) is 11.3 Å². The first-order valence-electron chi connectivity index (χ1n) is 11.2. The second kappa shape index (κ2) is 11.2. The number of benzene rings is 4. The van der Waals surface area contributed by atoms with Crippen LogP contribution >= 0.6 is 12.2 Å². The molecule has 0 spiro atoms. The largest absolute Gasteiger partial charge is 0.337 e. The molecule has 0 bridgehead atoms. The van der Waals surface area contributed by atoms with Crippen LogP contribution in [0.15, 0.2) is 103 Å². The van der Waals surface area contributed by atoms with E-state index in [-0.39, 0.29) is 16.9 Å². The van der Waals surface area contributed by atoms with Crippen molar-refractivity contribution in [2.75, 3.05) is 12.4 Å². The summed E-state index contributed by atoms with van der Waals surface area (Å²) in [5.41, 5.74) is 2.97. The Balaban J connectivity index is 1.40. The molecule has 2 amide bonds. The molecule has 174 valence electrons. The molecule has 0 aromatic heterocycles. The van der Waals surface area contributed by atoms with Gasteiger partial charge < -0.3 is 10.2 Å². The zero-order valence-corrected chi connectivity index (χ0v) is 20.1. The van der Waals surface area contributed by atoms with Gasteiger partial charge in [0.15, 0.2) is 5.11 Å². The highest BCUT2D eigenvalue weighted by Crippen LogP contribution is 2.20. The van der Waals surface area contributed by atoms with Crippen molar-refractivity contribution in [3.63, 3.8) is 0 Å². The number of carbonyl (C=O) groups is 2. The molecule has 4 aromatic rings. The smallest absolute Gasteiger partial charge is 0.256 e. The molecule has 35 heavy (non-hydrogen) atoms. The maximum absolute atomic E-state index is 13.1. The predicted octanol–water partition coefficient (Wildman–Crippen LogP) is 5.64. The van der Waals surface area contributed by atoms with Crippen molar-refractivity contribution in [2.45, 2.75) is 6.54 Å². The molecule has 0 aliphatic heterocycles. The molecule has 2 N–H and O–H groups in total. The SMILES string of the molecule is CN(Cc1ccccc1)C(=O)c1ccccc1NC(=S)NC(=O)/C=C/c1cccc2ccccc12.